The Kier molecular flexibility index (Phi) is 17.1. The van der Waals surface area contributed by atoms with Crippen molar-refractivity contribution in [1.82, 2.24) is 19.9 Å². The van der Waals surface area contributed by atoms with Crippen LogP contribution in [0.4, 0.5) is 0 Å². The summed E-state index contributed by atoms with van der Waals surface area (Å²) in [4.78, 5) is 38.4. The smallest absolute Gasteiger partial charge is 0.305 e. The predicted octanol–water partition coefficient (Wildman–Crippen LogP) is 7.75. The van der Waals surface area contributed by atoms with Crippen LogP contribution in [0.3, 0.4) is 0 Å². The molecule has 0 atom stereocenters. The molecule has 53 heavy (non-hydrogen) atoms. The molecule has 0 aliphatic carbocycles. The lowest BCUT2D eigenvalue weighted by molar-refractivity contribution is -0.141. The summed E-state index contributed by atoms with van der Waals surface area (Å²) in [6, 6.07) is 32.0. The van der Waals surface area contributed by atoms with Gasteiger partial charge >= 0.3 is 11.9 Å². The number of esters is 2. The largest absolute Gasteiger partial charge is 0.477 e. The van der Waals surface area contributed by atoms with Gasteiger partial charge in [-0.15, -0.1) is 0 Å². The third-order valence-electron chi connectivity index (χ3n) is 8.22. The summed E-state index contributed by atoms with van der Waals surface area (Å²) in [5.74, 6) is 0.308. The Morgan fingerprint density at radius 1 is 0.585 bits per heavy atom. The molecular formula is C42H45ClN4O6. The van der Waals surface area contributed by atoms with E-state index in [1.807, 2.05) is 72.8 Å². The van der Waals surface area contributed by atoms with Crippen molar-refractivity contribution in [3.63, 3.8) is 0 Å². The lowest BCUT2D eigenvalue weighted by atomic mass is 10.0. The number of benzene rings is 4. The summed E-state index contributed by atoms with van der Waals surface area (Å²) < 4.78 is 15.1. The summed E-state index contributed by atoms with van der Waals surface area (Å²) in [5.41, 5.74) is 6.55. The summed E-state index contributed by atoms with van der Waals surface area (Å²) in [5, 5.41) is 11.1. The lowest BCUT2D eigenvalue weighted by Crippen LogP contribution is -2.04. The first-order valence-corrected chi connectivity index (χ1v) is 17.9. The zero-order valence-corrected chi connectivity index (χ0v) is 30.9. The molecule has 0 fully saturated rings. The van der Waals surface area contributed by atoms with Crippen LogP contribution in [0.1, 0.15) is 47.9 Å². The fourth-order valence-electron chi connectivity index (χ4n) is 5.28. The fraction of sp³-hybridized carbons (Fsp3) is 0.286. The number of para-hydroxylation sites is 2. The number of hydrogen-bond acceptors (Lipinski definition) is 10. The number of rotatable bonds is 14. The van der Waals surface area contributed by atoms with Gasteiger partial charge in [0.25, 0.3) is 0 Å². The second-order valence-electron chi connectivity index (χ2n) is 11.9. The topological polar surface area (TPSA) is 134 Å². The van der Waals surface area contributed by atoms with Crippen molar-refractivity contribution in [3.05, 3.63) is 137 Å². The molecule has 276 valence electrons. The van der Waals surface area contributed by atoms with E-state index in [1.54, 1.807) is 0 Å². The van der Waals surface area contributed by atoms with E-state index in [0.29, 0.717) is 36.9 Å². The monoisotopic (exact) mass is 736 g/mol. The zero-order chi connectivity index (χ0) is 37.7. The van der Waals surface area contributed by atoms with Crippen molar-refractivity contribution in [1.29, 1.82) is 0 Å². The molecule has 0 saturated heterocycles. The highest BCUT2D eigenvalue weighted by Crippen LogP contribution is 2.21. The van der Waals surface area contributed by atoms with Crippen LogP contribution in [0.2, 0.25) is 5.15 Å². The molecule has 4 aromatic carbocycles. The SMILES string of the molecule is COC(=O)CCCc1ccc(CCO)cc1.COC(=O)CCCc1ccc(CCOc2ncnc3ccccc23)cc1.Clc1ncnc2ccccc12. The number of carbonyl (C=O) groups excluding carboxylic acids is 2. The molecule has 1 N–H and O–H groups in total. The first-order valence-electron chi connectivity index (χ1n) is 17.5. The Bertz CT molecular complexity index is 2000. The van der Waals surface area contributed by atoms with Crippen molar-refractivity contribution in [2.45, 2.75) is 51.4 Å². The van der Waals surface area contributed by atoms with Crippen LogP contribution in [0.5, 0.6) is 5.88 Å². The van der Waals surface area contributed by atoms with E-state index >= 15 is 0 Å². The number of methoxy groups -OCH3 is 2. The molecule has 11 heteroatoms. The van der Waals surface area contributed by atoms with E-state index in [1.165, 1.54) is 43.6 Å². The Morgan fingerprint density at radius 3 is 1.55 bits per heavy atom. The summed E-state index contributed by atoms with van der Waals surface area (Å²) >= 11 is 5.81. The van der Waals surface area contributed by atoms with Crippen molar-refractivity contribution in [2.24, 2.45) is 0 Å². The molecule has 0 amide bonds. The fourth-order valence-corrected chi connectivity index (χ4v) is 5.49. The molecule has 0 spiro atoms. The number of nitrogens with zero attached hydrogens (tertiary/aromatic N) is 4. The van der Waals surface area contributed by atoms with Crippen molar-refractivity contribution < 1.29 is 28.9 Å². The van der Waals surface area contributed by atoms with Crippen LogP contribution in [-0.2, 0) is 44.7 Å². The third kappa shape index (κ3) is 13.9. The number of aromatic nitrogens is 4. The molecule has 10 nitrogen and oxygen atoms in total. The maximum absolute atomic E-state index is 11.1. The molecule has 0 aliphatic rings. The van der Waals surface area contributed by atoms with Crippen LogP contribution in [0.25, 0.3) is 21.8 Å². The second-order valence-corrected chi connectivity index (χ2v) is 12.3. The standard InChI is InChI=1S/C21H22N2O3.C13H18O3.C8H5ClN2/c1-25-20(24)8-4-5-16-9-11-17(12-10-16)13-14-26-21-18-6-2-3-7-19(18)22-15-23-21;1-16-13(15)4-2-3-11-5-7-12(8-6-11)9-10-14;9-8-6-3-1-2-4-7(6)10-5-11-8/h2-3,6-7,9-12,15H,4-5,8,13-14H2,1H3;5-8,14H,2-4,9-10H2,1H3;1-5H. The normalized spacial score (nSPS) is 10.4. The van der Waals surface area contributed by atoms with Crippen molar-refractivity contribution >= 4 is 45.3 Å². The first-order chi connectivity index (χ1) is 25.9. The third-order valence-corrected chi connectivity index (χ3v) is 8.53. The van der Waals surface area contributed by atoms with Crippen LogP contribution < -0.4 is 4.74 Å². The van der Waals surface area contributed by atoms with E-state index in [0.717, 1.165) is 59.5 Å². The molecule has 0 radical (unpaired) electrons. The maximum atomic E-state index is 11.1. The number of ether oxygens (including phenoxy) is 3. The van der Waals surface area contributed by atoms with E-state index in [9.17, 15) is 9.59 Å². The van der Waals surface area contributed by atoms with Gasteiger partial charge in [-0.2, -0.15) is 0 Å². The Morgan fingerprint density at radius 2 is 1.04 bits per heavy atom. The van der Waals surface area contributed by atoms with Gasteiger partial charge in [-0.3, -0.25) is 9.59 Å². The highest BCUT2D eigenvalue weighted by Gasteiger charge is 2.05. The number of carbonyl (C=O) groups is 2. The average molecular weight is 737 g/mol. The Labute approximate surface area is 315 Å². The van der Waals surface area contributed by atoms with E-state index in [-0.39, 0.29) is 18.5 Å². The summed E-state index contributed by atoms with van der Waals surface area (Å²) in [6.45, 7) is 0.740. The number of hydrogen-bond donors (Lipinski definition) is 1. The predicted molar refractivity (Wildman–Crippen MR) is 207 cm³/mol. The van der Waals surface area contributed by atoms with Gasteiger partial charge in [0.15, 0.2) is 0 Å². The molecule has 2 heterocycles. The molecule has 0 unspecified atom stereocenters. The van der Waals surface area contributed by atoms with Gasteiger partial charge in [0.2, 0.25) is 5.88 Å². The van der Waals surface area contributed by atoms with Crippen LogP contribution in [-0.4, -0.2) is 64.4 Å². The van der Waals surface area contributed by atoms with Gasteiger partial charge in [-0.1, -0.05) is 84.4 Å². The molecular weight excluding hydrogens is 692 g/mol. The highest BCUT2D eigenvalue weighted by atomic mass is 35.5. The van der Waals surface area contributed by atoms with Crippen LogP contribution in [0.15, 0.2) is 110 Å². The minimum Gasteiger partial charge on any atom is -0.477 e. The van der Waals surface area contributed by atoms with Crippen LogP contribution in [0, 0.1) is 0 Å². The van der Waals surface area contributed by atoms with E-state index < -0.39 is 0 Å². The first kappa shape index (κ1) is 40.3. The van der Waals surface area contributed by atoms with Gasteiger partial charge in [0.05, 0.1) is 37.2 Å². The molecule has 0 aliphatic heterocycles. The summed E-state index contributed by atoms with van der Waals surface area (Å²) in [7, 11) is 2.83. The summed E-state index contributed by atoms with van der Waals surface area (Å²) in [6.07, 6.45) is 8.79. The van der Waals surface area contributed by atoms with Gasteiger partial charge in [-0.25, -0.2) is 19.9 Å². The maximum Gasteiger partial charge on any atom is 0.305 e. The van der Waals surface area contributed by atoms with E-state index in [2.05, 4.69) is 53.7 Å². The second kappa shape index (κ2) is 22.5. The number of aryl methyl sites for hydroxylation is 2. The molecule has 0 saturated carbocycles. The number of halogens is 1. The van der Waals surface area contributed by atoms with Gasteiger partial charge in [0.1, 0.15) is 17.8 Å². The highest BCUT2D eigenvalue weighted by molar-refractivity contribution is 6.33. The van der Waals surface area contributed by atoms with Crippen molar-refractivity contribution in [2.75, 3.05) is 27.4 Å². The van der Waals surface area contributed by atoms with E-state index in [4.69, 9.17) is 21.4 Å². The van der Waals surface area contributed by atoms with Gasteiger partial charge in [0, 0.05) is 31.3 Å². The quantitative estimate of drug-likeness (QED) is 0.0874. The van der Waals surface area contributed by atoms with Gasteiger partial charge < -0.3 is 19.3 Å². The Hall–Kier alpha value is -5.45. The minimum absolute atomic E-state index is 0.156. The van der Waals surface area contributed by atoms with Crippen LogP contribution >= 0.6 is 11.6 Å². The molecule has 2 aromatic heterocycles. The molecule has 6 aromatic rings. The van der Waals surface area contributed by atoms with Gasteiger partial charge in [-0.05, 0) is 78.6 Å². The zero-order valence-electron chi connectivity index (χ0n) is 30.1. The number of aliphatic hydroxyl groups excluding tert-OH is 1. The molecule has 6 rings (SSSR count). The molecule has 0 bridgehead atoms. The van der Waals surface area contributed by atoms with Crippen molar-refractivity contribution in [3.8, 4) is 5.88 Å². The number of aliphatic hydroxyl groups is 1. The minimum atomic E-state index is -0.156. The average Bonchev–Trinajstić information content (AvgIpc) is 3.20. The Balaban J connectivity index is 0.000000197. The number of fused-ring (bicyclic) bond motifs is 2. The lowest BCUT2D eigenvalue weighted by Gasteiger charge is -2.08.